The van der Waals surface area contributed by atoms with Crippen molar-refractivity contribution in [3.8, 4) is 0 Å². The molecular weight excluding hydrogens is 294 g/mol. The Labute approximate surface area is 138 Å². The lowest BCUT2D eigenvalue weighted by Crippen LogP contribution is -2.58. The molecule has 130 valence electrons. The number of aliphatic hydroxyl groups is 1. The van der Waals surface area contributed by atoms with Gasteiger partial charge in [0.2, 0.25) is 0 Å². The summed E-state index contributed by atoms with van der Waals surface area (Å²) in [4.78, 5) is 0. The average Bonchev–Trinajstić information content (AvgIpc) is 2.99. The molecule has 0 spiro atoms. The molecule has 0 amide bonds. The Kier molecular flexibility index (Phi) is 4.53. The largest absolute Gasteiger partial charge is 0.389 e. The van der Waals surface area contributed by atoms with E-state index < -0.39 is 12.4 Å². The Balaban J connectivity index is 1.75. The summed E-state index contributed by atoms with van der Waals surface area (Å²) in [5.41, 5.74) is 2.21. The minimum Gasteiger partial charge on any atom is -0.389 e. The van der Waals surface area contributed by atoms with Gasteiger partial charge in [0.1, 0.15) is 12.1 Å². The summed E-state index contributed by atoms with van der Waals surface area (Å²) in [6, 6.07) is 1.56. The van der Waals surface area contributed by atoms with Gasteiger partial charge < -0.3 is 19.9 Å². The number of aryl methyl sites for hydroxylation is 2. The molecule has 2 fully saturated rings. The predicted octanol–water partition coefficient (Wildman–Crippen LogP) is 1.55. The van der Waals surface area contributed by atoms with Crippen LogP contribution in [0.5, 0.6) is 0 Å². The number of aromatic nitrogens is 2. The van der Waals surface area contributed by atoms with E-state index in [0.717, 1.165) is 24.4 Å². The molecule has 23 heavy (non-hydrogen) atoms. The smallest absolute Gasteiger partial charge is 0.183 e. The highest BCUT2D eigenvalue weighted by atomic mass is 16.7. The summed E-state index contributed by atoms with van der Waals surface area (Å²) in [6.45, 7) is 12.0. The molecule has 0 saturated carbocycles. The normalized spacial score (nSPS) is 34.1. The van der Waals surface area contributed by atoms with Gasteiger partial charge in [-0.2, -0.15) is 5.10 Å². The second-order valence-electron chi connectivity index (χ2n) is 8.02. The highest BCUT2D eigenvalue weighted by Gasteiger charge is 2.51. The van der Waals surface area contributed by atoms with Gasteiger partial charge in [0.05, 0.1) is 24.4 Å². The van der Waals surface area contributed by atoms with Crippen molar-refractivity contribution in [1.29, 1.82) is 0 Å². The van der Waals surface area contributed by atoms with Gasteiger partial charge >= 0.3 is 0 Å². The molecule has 2 N–H and O–H groups in total. The third kappa shape index (κ3) is 3.45. The SMILES string of the molecule is Cc1cc(C)n(C2C3OCC(O3)C(NCCC(C)(C)C)C2O)n1. The maximum atomic E-state index is 10.9. The maximum absolute atomic E-state index is 10.9. The van der Waals surface area contributed by atoms with Gasteiger partial charge in [0, 0.05) is 5.69 Å². The standard InChI is InChI=1S/C17H29N3O3/c1-10-8-11(2)20(19-10)14-15(21)13(12-9-22-16(14)23-12)18-7-6-17(3,4)5/h8,12-16,18,21H,6-7,9H2,1-5H3. The zero-order valence-electron chi connectivity index (χ0n) is 14.7. The average molecular weight is 323 g/mol. The maximum Gasteiger partial charge on any atom is 0.183 e. The number of nitrogens with zero attached hydrogens (tertiary/aromatic N) is 2. The summed E-state index contributed by atoms with van der Waals surface area (Å²) >= 11 is 0. The summed E-state index contributed by atoms with van der Waals surface area (Å²) < 4.78 is 13.6. The van der Waals surface area contributed by atoms with Crippen LogP contribution in [-0.2, 0) is 9.47 Å². The first-order valence-corrected chi connectivity index (χ1v) is 8.47. The molecule has 2 saturated heterocycles. The molecule has 0 radical (unpaired) electrons. The highest BCUT2D eigenvalue weighted by molar-refractivity contribution is 5.10. The summed E-state index contributed by atoms with van der Waals surface area (Å²) in [7, 11) is 0. The van der Waals surface area contributed by atoms with Crippen LogP contribution in [0.3, 0.4) is 0 Å². The molecule has 2 aliphatic rings. The van der Waals surface area contributed by atoms with Gasteiger partial charge in [-0.3, -0.25) is 4.68 Å². The lowest BCUT2D eigenvalue weighted by molar-refractivity contribution is -0.168. The zero-order chi connectivity index (χ0) is 16.8. The third-order valence-electron chi connectivity index (χ3n) is 4.71. The fraction of sp³-hybridized carbons (Fsp3) is 0.824. The van der Waals surface area contributed by atoms with Crippen molar-refractivity contribution in [1.82, 2.24) is 15.1 Å². The highest BCUT2D eigenvalue weighted by Crippen LogP contribution is 2.36. The molecule has 2 aliphatic heterocycles. The van der Waals surface area contributed by atoms with E-state index in [4.69, 9.17) is 9.47 Å². The molecule has 0 aliphatic carbocycles. The first-order valence-electron chi connectivity index (χ1n) is 8.47. The van der Waals surface area contributed by atoms with Gasteiger partial charge in [-0.25, -0.2) is 0 Å². The Bertz CT molecular complexity index is 552. The minimum absolute atomic E-state index is 0.0943. The van der Waals surface area contributed by atoms with Crippen LogP contribution < -0.4 is 5.32 Å². The van der Waals surface area contributed by atoms with Crippen molar-refractivity contribution in [2.45, 2.75) is 71.6 Å². The molecule has 1 aromatic rings. The van der Waals surface area contributed by atoms with Crippen molar-refractivity contribution >= 4 is 0 Å². The van der Waals surface area contributed by atoms with Crippen molar-refractivity contribution < 1.29 is 14.6 Å². The van der Waals surface area contributed by atoms with Crippen molar-refractivity contribution in [3.05, 3.63) is 17.5 Å². The minimum atomic E-state index is -0.584. The molecule has 0 aromatic carbocycles. The molecule has 2 bridgehead atoms. The van der Waals surface area contributed by atoms with Crippen LogP contribution >= 0.6 is 0 Å². The number of hydrogen-bond donors (Lipinski definition) is 2. The van der Waals surface area contributed by atoms with E-state index in [9.17, 15) is 5.11 Å². The molecule has 3 heterocycles. The summed E-state index contributed by atoms with van der Waals surface area (Å²) in [5, 5.41) is 19.0. The van der Waals surface area contributed by atoms with E-state index in [1.165, 1.54) is 0 Å². The van der Waals surface area contributed by atoms with E-state index in [-0.39, 0.29) is 23.6 Å². The Morgan fingerprint density at radius 3 is 2.74 bits per heavy atom. The van der Waals surface area contributed by atoms with Crippen LogP contribution in [0.1, 0.15) is 44.6 Å². The van der Waals surface area contributed by atoms with Gasteiger partial charge in [-0.1, -0.05) is 20.8 Å². The second kappa shape index (κ2) is 6.16. The van der Waals surface area contributed by atoms with Gasteiger partial charge in [0.25, 0.3) is 0 Å². The molecule has 5 unspecified atom stereocenters. The Morgan fingerprint density at radius 1 is 1.39 bits per heavy atom. The van der Waals surface area contributed by atoms with E-state index in [1.54, 1.807) is 0 Å². The van der Waals surface area contributed by atoms with E-state index >= 15 is 0 Å². The molecule has 6 heteroatoms. The quantitative estimate of drug-likeness (QED) is 0.880. The molecule has 1 aromatic heterocycles. The van der Waals surface area contributed by atoms with Crippen LogP contribution in [0.4, 0.5) is 0 Å². The third-order valence-corrected chi connectivity index (χ3v) is 4.71. The van der Waals surface area contributed by atoms with Gasteiger partial charge in [-0.05, 0) is 38.3 Å². The summed E-state index contributed by atoms with van der Waals surface area (Å²) in [6.07, 6.45) is -0.0614. The first-order chi connectivity index (χ1) is 10.8. The molecular formula is C17H29N3O3. The van der Waals surface area contributed by atoms with E-state index in [1.807, 2.05) is 24.6 Å². The van der Waals surface area contributed by atoms with Gasteiger partial charge in [0.15, 0.2) is 6.29 Å². The van der Waals surface area contributed by atoms with Crippen LogP contribution in [-0.4, -0.2) is 52.6 Å². The number of nitrogens with one attached hydrogen (secondary N) is 1. The zero-order valence-corrected chi connectivity index (χ0v) is 14.7. The number of hydrogen-bond acceptors (Lipinski definition) is 5. The topological polar surface area (TPSA) is 68.5 Å². The number of ether oxygens (including phenoxy) is 2. The van der Waals surface area contributed by atoms with Crippen molar-refractivity contribution in [3.63, 3.8) is 0 Å². The molecule has 3 rings (SSSR count). The fourth-order valence-corrected chi connectivity index (χ4v) is 3.48. The van der Waals surface area contributed by atoms with Crippen LogP contribution in [0.15, 0.2) is 6.07 Å². The Morgan fingerprint density at radius 2 is 2.13 bits per heavy atom. The fourth-order valence-electron chi connectivity index (χ4n) is 3.48. The van der Waals surface area contributed by atoms with E-state index in [2.05, 4.69) is 31.2 Å². The van der Waals surface area contributed by atoms with Crippen molar-refractivity contribution in [2.75, 3.05) is 13.2 Å². The van der Waals surface area contributed by atoms with Crippen LogP contribution in [0.25, 0.3) is 0 Å². The summed E-state index contributed by atoms with van der Waals surface area (Å²) in [5.74, 6) is 0. The van der Waals surface area contributed by atoms with Gasteiger partial charge in [-0.15, -0.1) is 0 Å². The lowest BCUT2D eigenvalue weighted by Gasteiger charge is -2.39. The lowest BCUT2D eigenvalue weighted by atomic mass is 9.91. The van der Waals surface area contributed by atoms with Crippen LogP contribution in [0.2, 0.25) is 0 Å². The first kappa shape index (κ1) is 16.9. The van der Waals surface area contributed by atoms with Crippen molar-refractivity contribution in [2.24, 2.45) is 5.41 Å². The number of fused-ring (bicyclic) bond motifs is 2. The molecule has 6 nitrogen and oxygen atoms in total. The number of rotatable bonds is 4. The number of aliphatic hydroxyl groups excluding tert-OH is 1. The molecule has 5 atom stereocenters. The Hall–Kier alpha value is -0.950. The van der Waals surface area contributed by atoms with Crippen LogP contribution in [0, 0.1) is 19.3 Å². The predicted molar refractivity (Wildman–Crippen MR) is 87.2 cm³/mol. The van der Waals surface area contributed by atoms with E-state index in [0.29, 0.717) is 6.61 Å². The monoisotopic (exact) mass is 323 g/mol. The second-order valence-corrected chi connectivity index (χ2v) is 8.02.